The van der Waals surface area contributed by atoms with Crippen LogP contribution in [0, 0.1) is 0 Å². The molecule has 0 aromatic carbocycles. The molecule has 0 aromatic rings. The molecule has 0 aromatic heterocycles. The van der Waals surface area contributed by atoms with Crippen LogP contribution in [0.4, 0.5) is 4.39 Å². The van der Waals surface area contributed by atoms with Crippen molar-refractivity contribution in [2.75, 3.05) is 6.67 Å². The molecule has 2 N–H and O–H groups in total. The number of hydrogen-bond donors (Lipinski definition) is 1. The zero-order valence-corrected chi connectivity index (χ0v) is 5.95. The van der Waals surface area contributed by atoms with E-state index in [9.17, 15) is 4.39 Å². The summed E-state index contributed by atoms with van der Waals surface area (Å²) in [7, 11) is 0. The molecule has 0 spiro atoms. The third-order valence-electron chi connectivity index (χ3n) is 0.723. The average Bonchev–Trinajstić information content (AvgIpc) is 1.91. The average molecular weight is 121 g/mol. The molecule has 1 unspecified atom stereocenters. The molecule has 2 heteroatoms. The summed E-state index contributed by atoms with van der Waals surface area (Å²) in [6, 6.07) is -0.231. The molecule has 0 aliphatic carbocycles. The minimum absolute atomic E-state index is 0.231. The Bertz CT molecular complexity index is 27.7. The topological polar surface area (TPSA) is 26.0 Å². The first-order valence-electron chi connectivity index (χ1n) is 3.12. The van der Waals surface area contributed by atoms with Gasteiger partial charge in [0, 0.05) is 6.04 Å². The maximum absolute atomic E-state index is 11.3. The van der Waals surface area contributed by atoms with E-state index in [1.54, 1.807) is 0 Å². The van der Waals surface area contributed by atoms with Gasteiger partial charge in [0.15, 0.2) is 0 Å². The van der Waals surface area contributed by atoms with Crippen molar-refractivity contribution < 1.29 is 4.39 Å². The standard InChI is InChI=1S/C4H10FN.C2H6/c1-2-4(6)3-5;1-2/h4H,2-3,6H2,1H3;1-2H3. The third-order valence-corrected chi connectivity index (χ3v) is 0.723. The minimum atomic E-state index is -0.392. The van der Waals surface area contributed by atoms with Gasteiger partial charge in [-0.15, -0.1) is 0 Å². The van der Waals surface area contributed by atoms with Crippen molar-refractivity contribution in [2.45, 2.75) is 33.2 Å². The summed E-state index contributed by atoms with van der Waals surface area (Å²) in [5.41, 5.74) is 5.10. The SMILES string of the molecule is CC.CCC(N)CF. The Balaban J connectivity index is 0. The van der Waals surface area contributed by atoms with Gasteiger partial charge >= 0.3 is 0 Å². The van der Waals surface area contributed by atoms with Crippen LogP contribution in [0.15, 0.2) is 0 Å². The van der Waals surface area contributed by atoms with Gasteiger partial charge in [-0.05, 0) is 6.42 Å². The summed E-state index contributed by atoms with van der Waals surface area (Å²) < 4.78 is 11.3. The van der Waals surface area contributed by atoms with E-state index in [-0.39, 0.29) is 6.04 Å². The van der Waals surface area contributed by atoms with Crippen LogP contribution in [0.3, 0.4) is 0 Å². The van der Waals surface area contributed by atoms with Crippen LogP contribution in [0.25, 0.3) is 0 Å². The summed E-state index contributed by atoms with van der Waals surface area (Å²) in [6.07, 6.45) is 0.733. The van der Waals surface area contributed by atoms with Crippen LogP contribution in [-0.2, 0) is 0 Å². The van der Waals surface area contributed by atoms with Crippen LogP contribution in [-0.4, -0.2) is 12.7 Å². The Hall–Kier alpha value is -0.110. The number of rotatable bonds is 2. The molecule has 52 valence electrons. The Labute approximate surface area is 51.1 Å². The van der Waals surface area contributed by atoms with Crippen molar-refractivity contribution in [3.63, 3.8) is 0 Å². The lowest BCUT2D eigenvalue weighted by atomic mass is 10.3. The van der Waals surface area contributed by atoms with E-state index in [4.69, 9.17) is 5.73 Å². The predicted molar refractivity (Wildman–Crippen MR) is 35.6 cm³/mol. The van der Waals surface area contributed by atoms with Gasteiger partial charge in [-0.3, -0.25) is 0 Å². The first-order valence-corrected chi connectivity index (χ1v) is 3.12. The first kappa shape index (κ1) is 10.8. The van der Waals surface area contributed by atoms with E-state index in [0.717, 1.165) is 6.42 Å². The molecule has 0 rings (SSSR count). The second-order valence-corrected chi connectivity index (χ2v) is 1.32. The van der Waals surface area contributed by atoms with E-state index in [0.29, 0.717) is 0 Å². The lowest BCUT2D eigenvalue weighted by molar-refractivity contribution is 0.422. The highest BCUT2D eigenvalue weighted by Crippen LogP contribution is 1.83. The smallest absolute Gasteiger partial charge is 0.104 e. The van der Waals surface area contributed by atoms with Crippen LogP contribution < -0.4 is 5.73 Å². The van der Waals surface area contributed by atoms with Crippen molar-refractivity contribution in [1.29, 1.82) is 0 Å². The van der Waals surface area contributed by atoms with Crippen LogP contribution in [0.2, 0.25) is 0 Å². The zero-order chi connectivity index (χ0) is 6.99. The number of nitrogens with two attached hydrogens (primary N) is 1. The quantitative estimate of drug-likeness (QED) is 0.591. The number of hydrogen-bond acceptors (Lipinski definition) is 1. The van der Waals surface area contributed by atoms with Gasteiger partial charge in [-0.2, -0.15) is 0 Å². The Kier molecular flexibility index (Phi) is 13.5. The molecular formula is C6H16FN. The van der Waals surface area contributed by atoms with Gasteiger partial charge in [-0.25, -0.2) is 4.39 Å². The highest BCUT2D eigenvalue weighted by Gasteiger charge is 1.92. The maximum atomic E-state index is 11.3. The molecule has 0 amide bonds. The van der Waals surface area contributed by atoms with Crippen molar-refractivity contribution in [3.8, 4) is 0 Å². The summed E-state index contributed by atoms with van der Waals surface area (Å²) in [6.45, 7) is 5.47. The van der Waals surface area contributed by atoms with Gasteiger partial charge in [-0.1, -0.05) is 20.8 Å². The first-order chi connectivity index (χ1) is 3.81. The van der Waals surface area contributed by atoms with E-state index in [1.165, 1.54) is 0 Å². The molecule has 0 fully saturated rings. The molecule has 0 saturated heterocycles. The second-order valence-electron chi connectivity index (χ2n) is 1.32. The summed E-state index contributed by atoms with van der Waals surface area (Å²) in [5, 5.41) is 0. The van der Waals surface area contributed by atoms with E-state index in [1.807, 2.05) is 20.8 Å². The van der Waals surface area contributed by atoms with Gasteiger partial charge in [0.05, 0.1) is 0 Å². The fourth-order valence-corrected chi connectivity index (χ4v) is 0.109. The fourth-order valence-electron chi connectivity index (χ4n) is 0.109. The molecule has 8 heavy (non-hydrogen) atoms. The largest absolute Gasteiger partial charge is 0.325 e. The zero-order valence-electron chi connectivity index (χ0n) is 5.95. The highest BCUT2D eigenvalue weighted by molar-refractivity contribution is 4.52. The van der Waals surface area contributed by atoms with E-state index < -0.39 is 6.67 Å². The lowest BCUT2D eigenvalue weighted by Gasteiger charge is -1.96. The number of halogens is 1. The van der Waals surface area contributed by atoms with Gasteiger partial charge < -0.3 is 5.73 Å². The molecule has 0 radical (unpaired) electrons. The highest BCUT2D eigenvalue weighted by atomic mass is 19.1. The Morgan fingerprint density at radius 1 is 1.50 bits per heavy atom. The van der Waals surface area contributed by atoms with Crippen molar-refractivity contribution >= 4 is 0 Å². The third kappa shape index (κ3) is 9.31. The summed E-state index contributed by atoms with van der Waals surface area (Å²) in [4.78, 5) is 0. The molecule has 0 saturated carbocycles. The van der Waals surface area contributed by atoms with E-state index in [2.05, 4.69) is 0 Å². The molecular weight excluding hydrogens is 105 g/mol. The molecule has 0 aliphatic rings. The van der Waals surface area contributed by atoms with Crippen LogP contribution in [0.1, 0.15) is 27.2 Å². The van der Waals surface area contributed by atoms with Crippen LogP contribution >= 0.6 is 0 Å². The van der Waals surface area contributed by atoms with Crippen LogP contribution in [0.5, 0.6) is 0 Å². The number of alkyl halides is 1. The minimum Gasteiger partial charge on any atom is -0.325 e. The Morgan fingerprint density at radius 3 is 1.88 bits per heavy atom. The maximum Gasteiger partial charge on any atom is 0.104 e. The normalized spacial score (nSPS) is 11.6. The van der Waals surface area contributed by atoms with Crippen molar-refractivity contribution in [3.05, 3.63) is 0 Å². The van der Waals surface area contributed by atoms with Crippen molar-refractivity contribution in [2.24, 2.45) is 5.73 Å². The van der Waals surface area contributed by atoms with Gasteiger partial charge in [0.2, 0.25) is 0 Å². The molecule has 0 heterocycles. The fraction of sp³-hybridized carbons (Fsp3) is 1.00. The molecule has 1 atom stereocenters. The van der Waals surface area contributed by atoms with Gasteiger partial charge in [0.1, 0.15) is 6.67 Å². The second kappa shape index (κ2) is 10.00. The van der Waals surface area contributed by atoms with Gasteiger partial charge in [0.25, 0.3) is 0 Å². The summed E-state index contributed by atoms with van der Waals surface area (Å²) >= 11 is 0. The summed E-state index contributed by atoms with van der Waals surface area (Å²) in [5.74, 6) is 0. The molecule has 0 bridgehead atoms. The van der Waals surface area contributed by atoms with E-state index >= 15 is 0 Å². The molecule has 1 nitrogen and oxygen atoms in total. The predicted octanol–water partition coefficient (Wildman–Crippen LogP) is 1.72. The lowest BCUT2D eigenvalue weighted by Crippen LogP contribution is -2.20. The molecule has 0 aliphatic heterocycles. The monoisotopic (exact) mass is 121 g/mol. The Morgan fingerprint density at radius 2 is 1.88 bits per heavy atom. The van der Waals surface area contributed by atoms with Crippen molar-refractivity contribution in [1.82, 2.24) is 0 Å².